The van der Waals surface area contributed by atoms with Gasteiger partial charge in [-0.2, -0.15) is 0 Å². The van der Waals surface area contributed by atoms with E-state index in [-0.39, 0.29) is 11.8 Å². The van der Waals surface area contributed by atoms with E-state index < -0.39 is 0 Å². The topological polar surface area (TPSA) is 29.1 Å². The number of carbonyl (C=O) groups is 1. The molecule has 0 aliphatic heterocycles. The zero-order valence-corrected chi connectivity index (χ0v) is 11.8. The summed E-state index contributed by atoms with van der Waals surface area (Å²) in [4.78, 5) is 13.3. The van der Waals surface area contributed by atoms with Gasteiger partial charge in [0.2, 0.25) is 0 Å². The summed E-state index contributed by atoms with van der Waals surface area (Å²) in [6.45, 7) is 6.34. The van der Waals surface area contributed by atoms with Crippen LogP contribution in [0.25, 0.3) is 0 Å². The summed E-state index contributed by atoms with van der Waals surface area (Å²) in [5.74, 6) is 0.177. The van der Waals surface area contributed by atoms with Gasteiger partial charge in [0.05, 0.1) is 6.04 Å². The first-order valence-corrected chi connectivity index (χ1v) is 6.94. The molecule has 0 aliphatic carbocycles. The lowest BCUT2D eigenvalue weighted by Crippen LogP contribution is -2.33. The summed E-state index contributed by atoms with van der Waals surface area (Å²) < 4.78 is 0. The maximum Gasteiger partial charge on any atom is 0.179 e. The monoisotopic (exact) mass is 251 g/mol. The lowest BCUT2D eigenvalue weighted by Gasteiger charge is -2.12. The molecule has 0 amide bonds. The molecule has 1 aromatic rings. The largest absolute Gasteiger partial charge is 0.310 e. The molecule has 1 unspecified atom stereocenters. The van der Waals surface area contributed by atoms with Crippen molar-refractivity contribution in [1.29, 1.82) is 0 Å². The second-order valence-electron chi connectivity index (χ2n) is 4.30. The van der Waals surface area contributed by atoms with Crippen LogP contribution in [0.1, 0.15) is 37.6 Å². The van der Waals surface area contributed by atoms with Gasteiger partial charge in [0.1, 0.15) is 0 Å². The molecule has 0 fully saturated rings. The van der Waals surface area contributed by atoms with Crippen molar-refractivity contribution in [1.82, 2.24) is 5.32 Å². The number of thioether (sulfide) groups is 1. The number of hydrogen-bond acceptors (Lipinski definition) is 3. The van der Waals surface area contributed by atoms with Crippen LogP contribution < -0.4 is 5.32 Å². The number of benzene rings is 1. The Morgan fingerprint density at radius 3 is 2.29 bits per heavy atom. The number of nitrogens with one attached hydrogen (secondary N) is 1. The molecule has 94 valence electrons. The van der Waals surface area contributed by atoms with Gasteiger partial charge in [0.25, 0.3) is 0 Å². The lowest BCUT2D eigenvalue weighted by molar-refractivity contribution is 0.0945. The van der Waals surface area contributed by atoms with Crippen LogP contribution in [0.3, 0.4) is 0 Å². The van der Waals surface area contributed by atoms with Crippen LogP contribution in [-0.2, 0) is 0 Å². The number of Topliss-reactive ketones (excluding diaryl/α,β-unsaturated/α-hetero) is 1. The zero-order valence-electron chi connectivity index (χ0n) is 11.0. The predicted octanol–water partition coefficient (Wildman–Crippen LogP) is 3.37. The Hall–Kier alpha value is -0.800. The van der Waals surface area contributed by atoms with Gasteiger partial charge in [-0.25, -0.2) is 0 Å². The van der Waals surface area contributed by atoms with Gasteiger partial charge in [-0.05, 0) is 25.6 Å². The fourth-order valence-electron chi connectivity index (χ4n) is 1.69. The van der Waals surface area contributed by atoms with E-state index in [4.69, 9.17) is 0 Å². The number of hydrogen-bond donors (Lipinski definition) is 1. The van der Waals surface area contributed by atoms with Gasteiger partial charge in [-0.15, -0.1) is 11.8 Å². The summed E-state index contributed by atoms with van der Waals surface area (Å²) in [5.41, 5.74) is 0.791. The minimum atomic E-state index is -0.0707. The van der Waals surface area contributed by atoms with Crippen molar-refractivity contribution < 1.29 is 4.79 Å². The molecule has 1 aromatic carbocycles. The van der Waals surface area contributed by atoms with Gasteiger partial charge < -0.3 is 5.32 Å². The highest BCUT2D eigenvalue weighted by molar-refractivity contribution is 7.99. The van der Waals surface area contributed by atoms with Gasteiger partial charge >= 0.3 is 0 Å². The smallest absolute Gasteiger partial charge is 0.179 e. The number of rotatable bonds is 6. The number of ketones is 1. The van der Waals surface area contributed by atoms with Crippen LogP contribution in [0, 0.1) is 0 Å². The van der Waals surface area contributed by atoms with Crippen LogP contribution in [0.5, 0.6) is 0 Å². The molecule has 17 heavy (non-hydrogen) atoms. The summed E-state index contributed by atoms with van der Waals surface area (Å²) in [6, 6.07) is 7.83. The molecule has 0 radical (unpaired) electrons. The van der Waals surface area contributed by atoms with E-state index >= 15 is 0 Å². The van der Waals surface area contributed by atoms with Gasteiger partial charge in [-0.1, -0.05) is 32.9 Å². The van der Waals surface area contributed by atoms with E-state index in [0.29, 0.717) is 5.25 Å². The van der Waals surface area contributed by atoms with Crippen molar-refractivity contribution in [2.45, 2.75) is 43.4 Å². The molecule has 0 spiro atoms. The van der Waals surface area contributed by atoms with E-state index in [1.54, 1.807) is 0 Å². The summed E-state index contributed by atoms with van der Waals surface area (Å²) in [5, 5.41) is 3.61. The molecule has 0 saturated carbocycles. The Kier molecular flexibility index (Phi) is 5.72. The minimum Gasteiger partial charge on any atom is -0.310 e. The summed E-state index contributed by atoms with van der Waals surface area (Å²) in [6.07, 6.45) is 0.817. The van der Waals surface area contributed by atoms with Crippen LogP contribution >= 0.6 is 11.8 Å². The fraction of sp³-hybridized carbons (Fsp3) is 0.500. The van der Waals surface area contributed by atoms with Crippen molar-refractivity contribution in [3.05, 3.63) is 29.8 Å². The first-order valence-electron chi connectivity index (χ1n) is 6.06. The van der Waals surface area contributed by atoms with Crippen LogP contribution in [-0.4, -0.2) is 24.1 Å². The third-order valence-corrected chi connectivity index (χ3v) is 3.60. The first kappa shape index (κ1) is 14.3. The van der Waals surface area contributed by atoms with Gasteiger partial charge in [0.15, 0.2) is 5.78 Å². The third-order valence-electron chi connectivity index (χ3n) is 2.58. The normalized spacial score (nSPS) is 12.8. The maximum absolute atomic E-state index is 12.1. The van der Waals surface area contributed by atoms with E-state index in [0.717, 1.165) is 12.0 Å². The van der Waals surface area contributed by atoms with E-state index in [1.807, 2.05) is 50.0 Å². The van der Waals surface area contributed by atoms with Crippen molar-refractivity contribution in [3.63, 3.8) is 0 Å². The molecule has 1 atom stereocenters. The molecule has 2 nitrogen and oxygen atoms in total. The van der Waals surface area contributed by atoms with E-state index in [2.05, 4.69) is 19.2 Å². The summed E-state index contributed by atoms with van der Waals surface area (Å²) >= 11 is 1.81. The Morgan fingerprint density at radius 1 is 1.29 bits per heavy atom. The van der Waals surface area contributed by atoms with Gasteiger partial charge in [0, 0.05) is 15.7 Å². The first-order chi connectivity index (χ1) is 8.08. The fourth-order valence-corrected chi connectivity index (χ4v) is 2.53. The molecule has 0 aromatic heterocycles. The molecular weight excluding hydrogens is 230 g/mol. The van der Waals surface area contributed by atoms with E-state index in [9.17, 15) is 4.79 Å². The highest BCUT2D eigenvalue weighted by Gasteiger charge is 2.15. The molecule has 0 bridgehead atoms. The highest BCUT2D eigenvalue weighted by Crippen LogP contribution is 2.23. The molecule has 1 rings (SSSR count). The second kappa shape index (κ2) is 6.82. The maximum atomic E-state index is 12.1. The standard InChI is InChI=1S/C14H21NOS/c1-5-13(15-4)14(16)11-6-8-12(9-7-11)17-10(2)3/h6-10,13,15H,5H2,1-4H3. The highest BCUT2D eigenvalue weighted by atomic mass is 32.2. The number of carbonyl (C=O) groups excluding carboxylic acids is 1. The Morgan fingerprint density at radius 2 is 1.88 bits per heavy atom. The van der Waals surface area contributed by atoms with Crippen molar-refractivity contribution in [3.8, 4) is 0 Å². The molecule has 0 saturated heterocycles. The molecule has 3 heteroatoms. The number of likely N-dealkylation sites (N-methyl/N-ethyl adjacent to an activating group) is 1. The third kappa shape index (κ3) is 4.17. The molecular formula is C14H21NOS. The van der Waals surface area contributed by atoms with Crippen molar-refractivity contribution in [2.24, 2.45) is 0 Å². The lowest BCUT2D eigenvalue weighted by atomic mass is 10.0. The Bertz CT molecular complexity index is 355. The molecule has 0 heterocycles. The summed E-state index contributed by atoms with van der Waals surface area (Å²) in [7, 11) is 1.83. The average molecular weight is 251 g/mol. The van der Waals surface area contributed by atoms with Crippen LogP contribution in [0.15, 0.2) is 29.2 Å². The Labute approximate surface area is 108 Å². The van der Waals surface area contributed by atoms with Crippen molar-refractivity contribution in [2.75, 3.05) is 7.05 Å². The Balaban J connectivity index is 2.76. The van der Waals surface area contributed by atoms with Crippen molar-refractivity contribution >= 4 is 17.5 Å². The van der Waals surface area contributed by atoms with E-state index in [1.165, 1.54) is 4.90 Å². The second-order valence-corrected chi connectivity index (χ2v) is 5.95. The minimum absolute atomic E-state index is 0.0707. The quantitative estimate of drug-likeness (QED) is 0.621. The van der Waals surface area contributed by atoms with Crippen LogP contribution in [0.2, 0.25) is 0 Å². The SMILES string of the molecule is CCC(NC)C(=O)c1ccc(SC(C)C)cc1. The molecule has 0 aliphatic rings. The van der Waals surface area contributed by atoms with Gasteiger partial charge in [-0.3, -0.25) is 4.79 Å². The zero-order chi connectivity index (χ0) is 12.8. The van der Waals surface area contributed by atoms with Crippen LogP contribution in [0.4, 0.5) is 0 Å². The predicted molar refractivity (Wildman–Crippen MR) is 74.9 cm³/mol. The molecule has 1 N–H and O–H groups in total. The average Bonchev–Trinajstić information content (AvgIpc) is 2.30.